The molecular weight excluding hydrogens is 258 g/mol. The second kappa shape index (κ2) is 7.99. The molecular formula is C15H19NO4. The van der Waals surface area contributed by atoms with Crippen LogP contribution in [0.2, 0.25) is 0 Å². The van der Waals surface area contributed by atoms with E-state index in [1.54, 1.807) is 30.3 Å². The number of hydrogen-bond donors (Lipinski definition) is 1. The van der Waals surface area contributed by atoms with Gasteiger partial charge in [0.15, 0.2) is 0 Å². The van der Waals surface area contributed by atoms with Crippen LogP contribution >= 0.6 is 0 Å². The smallest absolute Gasteiger partial charge is 0.333 e. The van der Waals surface area contributed by atoms with Crippen LogP contribution in [0.1, 0.15) is 20.3 Å². The number of hydrogen-bond acceptors (Lipinski definition) is 4. The van der Waals surface area contributed by atoms with E-state index in [1.807, 2.05) is 6.92 Å². The number of amides is 1. The zero-order valence-corrected chi connectivity index (χ0v) is 11.9. The number of benzene rings is 1. The first kappa shape index (κ1) is 15.8. The van der Waals surface area contributed by atoms with E-state index in [0.29, 0.717) is 23.4 Å². The predicted octanol–water partition coefficient (Wildman–Crippen LogP) is 2.53. The third kappa shape index (κ3) is 5.14. The van der Waals surface area contributed by atoms with Crippen molar-refractivity contribution >= 4 is 17.6 Å². The highest BCUT2D eigenvalue weighted by Gasteiger charge is 2.06. The average molecular weight is 277 g/mol. The molecule has 0 saturated carbocycles. The van der Waals surface area contributed by atoms with Gasteiger partial charge >= 0.3 is 5.97 Å². The molecule has 0 bridgehead atoms. The lowest BCUT2D eigenvalue weighted by atomic mass is 10.2. The van der Waals surface area contributed by atoms with E-state index >= 15 is 0 Å². The van der Waals surface area contributed by atoms with Crippen molar-refractivity contribution in [1.29, 1.82) is 0 Å². The molecule has 0 saturated heterocycles. The van der Waals surface area contributed by atoms with E-state index in [9.17, 15) is 9.59 Å². The fourth-order valence-corrected chi connectivity index (χ4v) is 1.61. The van der Waals surface area contributed by atoms with Crippen LogP contribution in [0.15, 0.2) is 35.9 Å². The topological polar surface area (TPSA) is 64.6 Å². The molecule has 1 rings (SSSR count). The standard InChI is InChI=1S/C15H19NO4/c1-4-12(15(18)19-3)8-9-20-14-7-5-6-13(10-14)16-11(2)17/h5-8,10H,4,9H2,1-3H3,(H,16,17). The van der Waals surface area contributed by atoms with E-state index in [-0.39, 0.29) is 18.5 Å². The molecule has 20 heavy (non-hydrogen) atoms. The van der Waals surface area contributed by atoms with Gasteiger partial charge in [-0.2, -0.15) is 0 Å². The number of rotatable bonds is 6. The van der Waals surface area contributed by atoms with Gasteiger partial charge in [0, 0.05) is 24.3 Å². The summed E-state index contributed by atoms with van der Waals surface area (Å²) in [6.45, 7) is 3.59. The molecule has 0 atom stereocenters. The lowest BCUT2D eigenvalue weighted by Crippen LogP contribution is -2.07. The Kier molecular flexibility index (Phi) is 6.29. The first-order valence-electron chi connectivity index (χ1n) is 6.34. The van der Waals surface area contributed by atoms with E-state index in [4.69, 9.17) is 4.74 Å². The van der Waals surface area contributed by atoms with Gasteiger partial charge in [0.25, 0.3) is 0 Å². The van der Waals surface area contributed by atoms with Gasteiger partial charge in [-0.15, -0.1) is 0 Å². The first-order chi connectivity index (χ1) is 9.56. The van der Waals surface area contributed by atoms with E-state index in [0.717, 1.165) is 0 Å². The summed E-state index contributed by atoms with van der Waals surface area (Å²) in [6.07, 6.45) is 2.28. The maximum atomic E-state index is 11.4. The van der Waals surface area contributed by atoms with E-state index in [2.05, 4.69) is 10.1 Å². The minimum Gasteiger partial charge on any atom is -0.489 e. The van der Waals surface area contributed by atoms with Gasteiger partial charge in [-0.25, -0.2) is 4.79 Å². The Hall–Kier alpha value is -2.30. The van der Waals surface area contributed by atoms with Gasteiger partial charge in [0.2, 0.25) is 5.91 Å². The highest BCUT2D eigenvalue weighted by molar-refractivity contribution is 5.89. The Labute approximate surface area is 118 Å². The van der Waals surface area contributed by atoms with Crippen LogP contribution in [0.5, 0.6) is 5.75 Å². The quantitative estimate of drug-likeness (QED) is 0.641. The summed E-state index contributed by atoms with van der Waals surface area (Å²) in [7, 11) is 1.35. The van der Waals surface area contributed by atoms with Crippen molar-refractivity contribution in [3.8, 4) is 5.75 Å². The summed E-state index contributed by atoms with van der Waals surface area (Å²) in [5.74, 6) is 0.136. The number of anilines is 1. The molecule has 108 valence electrons. The molecule has 0 unspecified atom stereocenters. The molecule has 0 aromatic heterocycles. The molecule has 1 aromatic rings. The molecule has 5 heteroatoms. The summed E-state index contributed by atoms with van der Waals surface area (Å²) in [6, 6.07) is 7.06. The number of methoxy groups -OCH3 is 1. The molecule has 1 amide bonds. The van der Waals surface area contributed by atoms with Crippen molar-refractivity contribution < 1.29 is 19.1 Å². The Morgan fingerprint density at radius 3 is 2.70 bits per heavy atom. The Balaban J connectivity index is 2.63. The molecule has 0 heterocycles. The molecule has 1 aromatic carbocycles. The maximum absolute atomic E-state index is 11.4. The van der Waals surface area contributed by atoms with Crippen molar-refractivity contribution in [2.45, 2.75) is 20.3 Å². The van der Waals surface area contributed by atoms with E-state index < -0.39 is 0 Å². The van der Waals surface area contributed by atoms with Crippen LogP contribution in [-0.4, -0.2) is 25.6 Å². The number of nitrogens with one attached hydrogen (secondary N) is 1. The van der Waals surface area contributed by atoms with Gasteiger partial charge in [-0.05, 0) is 24.6 Å². The molecule has 0 spiro atoms. The number of carbonyl (C=O) groups excluding carboxylic acids is 2. The fraction of sp³-hybridized carbons (Fsp3) is 0.333. The third-order valence-electron chi connectivity index (χ3n) is 2.56. The molecule has 5 nitrogen and oxygen atoms in total. The molecule has 0 aliphatic rings. The van der Waals surface area contributed by atoms with Crippen molar-refractivity contribution in [3.63, 3.8) is 0 Å². The summed E-state index contributed by atoms with van der Waals surface area (Å²) >= 11 is 0. The zero-order valence-electron chi connectivity index (χ0n) is 11.9. The predicted molar refractivity (Wildman–Crippen MR) is 76.6 cm³/mol. The minimum absolute atomic E-state index is 0.138. The molecule has 0 radical (unpaired) electrons. The van der Waals surface area contributed by atoms with E-state index in [1.165, 1.54) is 14.0 Å². The molecule has 0 aliphatic heterocycles. The normalized spacial score (nSPS) is 10.8. The lowest BCUT2D eigenvalue weighted by molar-refractivity contribution is -0.136. The zero-order chi connectivity index (χ0) is 15.0. The second-order valence-corrected chi connectivity index (χ2v) is 4.09. The van der Waals surface area contributed by atoms with Crippen LogP contribution in [0.4, 0.5) is 5.69 Å². The Morgan fingerprint density at radius 2 is 2.10 bits per heavy atom. The lowest BCUT2D eigenvalue weighted by Gasteiger charge is -2.07. The third-order valence-corrected chi connectivity index (χ3v) is 2.56. The van der Waals surface area contributed by atoms with Gasteiger partial charge in [0.05, 0.1) is 7.11 Å². The minimum atomic E-state index is -0.344. The van der Waals surface area contributed by atoms with Crippen LogP contribution in [0.3, 0.4) is 0 Å². The van der Waals surface area contributed by atoms with Gasteiger partial charge in [-0.1, -0.05) is 13.0 Å². The van der Waals surface area contributed by atoms with Crippen molar-refractivity contribution in [3.05, 3.63) is 35.9 Å². The summed E-state index contributed by atoms with van der Waals surface area (Å²) < 4.78 is 10.2. The monoisotopic (exact) mass is 277 g/mol. The molecule has 0 aliphatic carbocycles. The van der Waals surface area contributed by atoms with Crippen LogP contribution in [0.25, 0.3) is 0 Å². The van der Waals surface area contributed by atoms with Gasteiger partial charge < -0.3 is 14.8 Å². The number of esters is 1. The van der Waals surface area contributed by atoms with Crippen molar-refractivity contribution in [2.75, 3.05) is 19.0 Å². The van der Waals surface area contributed by atoms with Crippen molar-refractivity contribution in [2.24, 2.45) is 0 Å². The van der Waals surface area contributed by atoms with Crippen molar-refractivity contribution in [1.82, 2.24) is 0 Å². The summed E-state index contributed by atoms with van der Waals surface area (Å²) in [5.41, 5.74) is 1.24. The fourth-order valence-electron chi connectivity index (χ4n) is 1.61. The molecule has 1 N–H and O–H groups in total. The Morgan fingerprint density at radius 1 is 1.35 bits per heavy atom. The van der Waals surface area contributed by atoms with Crippen LogP contribution in [-0.2, 0) is 14.3 Å². The highest BCUT2D eigenvalue weighted by Crippen LogP contribution is 2.17. The average Bonchev–Trinajstić information content (AvgIpc) is 2.42. The van der Waals surface area contributed by atoms with Gasteiger partial charge in [-0.3, -0.25) is 4.79 Å². The second-order valence-electron chi connectivity index (χ2n) is 4.09. The van der Waals surface area contributed by atoms with Crippen LogP contribution in [0, 0.1) is 0 Å². The highest BCUT2D eigenvalue weighted by atomic mass is 16.5. The van der Waals surface area contributed by atoms with Gasteiger partial charge in [0.1, 0.15) is 12.4 Å². The van der Waals surface area contributed by atoms with Crippen LogP contribution < -0.4 is 10.1 Å². The largest absolute Gasteiger partial charge is 0.489 e. The number of ether oxygens (including phenoxy) is 2. The SMILES string of the molecule is CCC(=CCOc1cccc(NC(C)=O)c1)C(=O)OC. The molecule has 0 fully saturated rings. The Bertz CT molecular complexity index is 508. The summed E-state index contributed by atoms with van der Waals surface area (Å²) in [5, 5.41) is 2.67. The number of carbonyl (C=O) groups is 2. The summed E-state index contributed by atoms with van der Waals surface area (Å²) in [4.78, 5) is 22.3. The maximum Gasteiger partial charge on any atom is 0.333 e. The first-order valence-corrected chi connectivity index (χ1v) is 6.34.